The number of rotatable bonds is 9. The maximum atomic E-state index is 5.74. The molecule has 5 nitrogen and oxygen atoms in total. The summed E-state index contributed by atoms with van der Waals surface area (Å²) >= 11 is 0. The predicted molar refractivity (Wildman–Crippen MR) is 82.9 cm³/mol. The lowest BCUT2D eigenvalue weighted by atomic mass is 10.3. The van der Waals surface area contributed by atoms with Gasteiger partial charge in [0.2, 0.25) is 0 Å². The van der Waals surface area contributed by atoms with E-state index in [0.717, 1.165) is 36.8 Å². The van der Waals surface area contributed by atoms with Crippen molar-refractivity contribution >= 4 is 0 Å². The van der Waals surface area contributed by atoms with Crippen molar-refractivity contribution in [2.24, 2.45) is 7.05 Å². The fourth-order valence-electron chi connectivity index (χ4n) is 2.04. The highest BCUT2D eigenvalue weighted by Crippen LogP contribution is 2.25. The number of hydrogen-bond donors (Lipinski definition) is 1. The highest BCUT2D eigenvalue weighted by molar-refractivity contribution is 5.39. The highest BCUT2D eigenvalue weighted by Gasteiger charge is 2.03. The Morgan fingerprint density at radius 2 is 1.90 bits per heavy atom. The van der Waals surface area contributed by atoms with Gasteiger partial charge in [-0.05, 0) is 19.1 Å². The van der Waals surface area contributed by atoms with Crippen LogP contribution in [0.2, 0.25) is 0 Å². The molecule has 0 aliphatic heterocycles. The van der Waals surface area contributed by atoms with Gasteiger partial charge < -0.3 is 19.4 Å². The average molecular weight is 289 g/mol. The quantitative estimate of drug-likeness (QED) is 0.718. The lowest BCUT2D eigenvalue weighted by Gasteiger charge is -2.11. The van der Waals surface area contributed by atoms with Crippen molar-refractivity contribution in [2.75, 3.05) is 26.3 Å². The standard InChI is InChI=1S/C16H23N3O2/c1-3-20-14-6-4-5-7-15(14)21-13-11-17-9-8-16-18-10-12-19(16)2/h4-7,10,12,17H,3,8-9,11,13H2,1-2H3. The molecule has 2 rings (SSSR count). The van der Waals surface area contributed by atoms with Gasteiger partial charge in [-0.1, -0.05) is 12.1 Å². The van der Waals surface area contributed by atoms with Crippen LogP contribution in [-0.4, -0.2) is 35.9 Å². The number of nitrogens with one attached hydrogen (secondary N) is 1. The van der Waals surface area contributed by atoms with E-state index in [0.29, 0.717) is 13.2 Å². The van der Waals surface area contributed by atoms with Crippen molar-refractivity contribution in [3.05, 3.63) is 42.5 Å². The first kappa shape index (κ1) is 15.4. The summed E-state index contributed by atoms with van der Waals surface area (Å²) in [6, 6.07) is 7.75. The van der Waals surface area contributed by atoms with E-state index in [9.17, 15) is 0 Å². The molecular formula is C16H23N3O2. The monoisotopic (exact) mass is 289 g/mol. The molecule has 0 radical (unpaired) electrons. The summed E-state index contributed by atoms with van der Waals surface area (Å²) in [5.41, 5.74) is 0. The Morgan fingerprint density at radius 3 is 2.57 bits per heavy atom. The van der Waals surface area contributed by atoms with Gasteiger partial charge in [0, 0.05) is 39.0 Å². The van der Waals surface area contributed by atoms with E-state index in [2.05, 4.69) is 10.3 Å². The van der Waals surface area contributed by atoms with Gasteiger partial charge in [0.05, 0.1) is 6.61 Å². The molecule has 2 aromatic rings. The topological polar surface area (TPSA) is 48.3 Å². The van der Waals surface area contributed by atoms with Crippen molar-refractivity contribution in [2.45, 2.75) is 13.3 Å². The van der Waals surface area contributed by atoms with Gasteiger partial charge in [0.1, 0.15) is 12.4 Å². The minimum atomic E-state index is 0.616. The fourth-order valence-corrected chi connectivity index (χ4v) is 2.04. The molecule has 1 aromatic carbocycles. The van der Waals surface area contributed by atoms with Crippen LogP contribution >= 0.6 is 0 Å². The molecule has 0 atom stereocenters. The first-order chi connectivity index (χ1) is 10.3. The minimum absolute atomic E-state index is 0.616. The van der Waals surface area contributed by atoms with Gasteiger partial charge in [-0.15, -0.1) is 0 Å². The number of imidazole rings is 1. The van der Waals surface area contributed by atoms with E-state index in [-0.39, 0.29) is 0 Å². The Kier molecular flexibility index (Phi) is 6.09. The first-order valence-corrected chi connectivity index (χ1v) is 7.32. The number of benzene rings is 1. The number of nitrogens with zero attached hydrogens (tertiary/aromatic N) is 2. The van der Waals surface area contributed by atoms with Gasteiger partial charge in [-0.3, -0.25) is 0 Å². The molecule has 0 fully saturated rings. The van der Waals surface area contributed by atoms with E-state index >= 15 is 0 Å². The van der Waals surface area contributed by atoms with Crippen molar-refractivity contribution in [1.82, 2.24) is 14.9 Å². The molecule has 0 aliphatic carbocycles. The minimum Gasteiger partial charge on any atom is -0.490 e. The third kappa shape index (κ3) is 4.79. The van der Waals surface area contributed by atoms with Gasteiger partial charge >= 0.3 is 0 Å². The number of para-hydroxylation sites is 2. The molecule has 0 saturated heterocycles. The third-order valence-electron chi connectivity index (χ3n) is 3.13. The molecule has 1 heterocycles. The number of aromatic nitrogens is 2. The summed E-state index contributed by atoms with van der Waals surface area (Å²) < 4.78 is 13.3. The van der Waals surface area contributed by atoms with Gasteiger partial charge in [-0.2, -0.15) is 0 Å². The van der Waals surface area contributed by atoms with E-state index in [1.54, 1.807) is 0 Å². The summed E-state index contributed by atoms with van der Waals surface area (Å²) in [6.07, 6.45) is 4.70. The molecule has 114 valence electrons. The fraction of sp³-hybridized carbons (Fsp3) is 0.438. The lowest BCUT2D eigenvalue weighted by Crippen LogP contribution is -2.24. The second-order valence-corrected chi connectivity index (χ2v) is 4.68. The lowest BCUT2D eigenvalue weighted by molar-refractivity contribution is 0.276. The van der Waals surface area contributed by atoms with Crippen LogP contribution in [0.4, 0.5) is 0 Å². The summed E-state index contributed by atoms with van der Waals surface area (Å²) in [4.78, 5) is 4.29. The van der Waals surface area contributed by atoms with Crippen LogP contribution in [0.5, 0.6) is 11.5 Å². The molecule has 21 heavy (non-hydrogen) atoms. The van der Waals surface area contributed by atoms with E-state index < -0.39 is 0 Å². The SMILES string of the molecule is CCOc1ccccc1OCCNCCc1nccn1C. The molecule has 1 aromatic heterocycles. The van der Waals surface area contributed by atoms with Crippen molar-refractivity contribution in [3.8, 4) is 11.5 Å². The van der Waals surface area contributed by atoms with Crippen LogP contribution in [0, 0.1) is 0 Å². The molecule has 0 saturated carbocycles. The predicted octanol–water partition coefficient (Wildman–Crippen LogP) is 2.03. The normalized spacial score (nSPS) is 10.6. The molecular weight excluding hydrogens is 266 g/mol. The number of ether oxygens (including phenoxy) is 2. The average Bonchev–Trinajstić information content (AvgIpc) is 2.90. The third-order valence-corrected chi connectivity index (χ3v) is 3.13. The smallest absolute Gasteiger partial charge is 0.161 e. The molecule has 1 N–H and O–H groups in total. The molecule has 0 spiro atoms. The zero-order chi connectivity index (χ0) is 14.9. The van der Waals surface area contributed by atoms with Gasteiger partial charge in [0.15, 0.2) is 11.5 Å². The van der Waals surface area contributed by atoms with Crippen LogP contribution in [-0.2, 0) is 13.5 Å². The summed E-state index contributed by atoms with van der Waals surface area (Å²) in [7, 11) is 2.01. The first-order valence-electron chi connectivity index (χ1n) is 7.32. The molecule has 0 bridgehead atoms. The van der Waals surface area contributed by atoms with Crippen molar-refractivity contribution in [3.63, 3.8) is 0 Å². The largest absolute Gasteiger partial charge is 0.490 e. The second-order valence-electron chi connectivity index (χ2n) is 4.68. The van der Waals surface area contributed by atoms with E-state index in [1.807, 2.05) is 55.2 Å². The van der Waals surface area contributed by atoms with Gasteiger partial charge in [-0.25, -0.2) is 4.98 Å². The summed E-state index contributed by atoms with van der Waals surface area (Å²) in [6.45, 7) is 4.91. The van der Waals surface area contributed by atoms with Crippen molar-refractivity contribution < 1.29 is 9.47 Å². The summed E-state index contributed by atoms with van der Waals surface area (Å²) in [5, 5.41) is 3.35. The second kappa shape index (κ2) is 8.32. The van der Waals surface area contributed by atoms with Gasteiger partial charge in [0.25, 0.3) is 0 Å². The zero-order valence-electron chi connectivity index (χ0n) is 12.7. The van der Waals surface area contributed by atoms with Crippen LogP contribution < -0.4 is 14.8 Å². The molecule has 0 aliphatic rings. The van der Waals surface area contributed by atoms with Crippen LogP contribution in [0.25, 0.3) is 0 Å². The maximum Gasteiger partial charge on any atom is 0.161 e. The zero-order valence-corrected chi connectivity index (χ0v) is 12.7. The number of aryl methyl sites for hydroxylation is 1. The maximum absolute atomic E-state index is 5.74. The Bertz CT molecular complexity index is 540. The molecule has 0 unspecified atom stereocenters. The van der Waals surface area contributed by atoms with Crippen LogP contribution in [0.1, 0.15) is 12.7 Å². The molecule has 5 heteroatoms. The Hall–Kier alpha value is -2.01. The Morgan fingerprint density at radius 1 is 1.14 bits per heavy atom. The van der Waals surface area contributed by atoms with Crippen LogP contribution in [0.15, 0.2) is 36.7 Å². The van der Waals surface area contributed by atoms with E-state index in [4.69, 9.17) is 9.47 Å². The van der Waals surface area contributed by atoms with Crippen LogP contribution in [0.3, 0.4) is 0 Å². The Labute approximate surface area is 125 Å². The van der Waals surface area contributed by atoms with Crippen molar-refractivity contribution in [1.29, 1.82) is 0 Å². The molecule has 0 amide bonds. The number of hydrogen-bond acceptors (Lipinski definition) is 4. The highest BCUT2D eigenvalue weighted by atomic mass is 16.5. The van der Waals surface area contributed by atoms with E-state index in [1.165, 1.54) is 0 Å². The summed E-state index contributed by atoms with van der Waals surface area (Å²) in [5.74, 6) is 2.68. The Balaban J connectivity index is 1.65.